The van der Waals surface area contributed by atoms with E-state index in [0.717, 1.165) is 6.54 Å². The third kappa shape index (κ3) is 3.24. The number of benzene rings is 1. The van der Waals surface area contributed by atoms with Crippen LogP contribution in [0, 0.1) is 11.8 Å². The van der Waals surface area contributed by atoms with Gasteiger partial charge >= 0.3 is 0 Å². The fraction of sp³-hybridized carbons (Fsp3) is 0.667. The van der Waals surface area contributed by atoms with Crippen LogP contribution in [0.3, 0.4) is 0 Å². The summed E-state index contributed by atoms with van der Waals surface area (Å²) < 4.78 is 0. The number of hydrogen-bond donors (Lipinski definition) is 2. The van der Waals surface area contributed by atoms with Gasteiger partial charge in [-0.05, 0) is 37.2 Å². The van der Waals surface area contributed by atoms with Gasteiger partial charge in [0, 0.05) is 18.1 Å². The van der Waals surface area contributed by atoms with Gasteiger partial charge in [0.2, 0.25) is 0 Å². The predicted octanol–water partition coefficient (Wildman–Crippen LogP) is 3.88. The quantitative estimate of drug-likeness (QED) is 0.855. The van der Waals surface area contributed by atoms with Crippen molar-refractivity contribution in [1.29, 1.82) is 0 Å². The fourth-order valence-corrected chi connectivity index (χ4v) is 3.99. The molecule has 0 amide bonds. The molecule has 0 aliphatic heterocycles. The predicted molar refractivity (Wildman–Crippen MR) is 86.6 cm³/mol. The second-order valence-electron chi connectivity index (χ2n) is 6.73. The molecule has 2 heteroatoms. The van der Waals surface area contributed by atoms with E-state index in [1.54, 1.807) is 0 Å². The first kappa shape index (κ1) is 15.5. The van der Waals surface area contributed by atoms with Crippen LogP contribution in [0.25, 0.3) is 0 Å². The summed E-state index contributed by atoms with van der Waals surface area (Å²) in [4.78, 5) is 0. The lowest BCUT2D eigenvalue weighted by molar-refractivity contribution is 0.0977. The molecule has 0 saturated heterocycles. The summed E-state index contributed by atoms with van der Waals surface area (Å²) in [5.74, 6) is 1.38. The smallest absolute Gasteiger partial charge is 0.0340 e. The third-order valence-corrected chi connectivity index (χ3v) is 5.07. The van der Waals surface area contributed by atoms with Gasteiger partial charge in [-0.25, -0.2) is 0 Å². The van der Waals surface area contributed by atoms with E-state index in [9.17, 15) is 0 Å². The lowest BCUT2D eigenvalue weighted by Gasteiger charge is -2.48. The Balaban J connectivity index is 2.17. The number of rotatable bonds is 5. The summed E-state index contributed by atoms with van der Waals surface area (Å²) >= 11 is 0. The molecule has 3 atom stereocenters. The minimum absolute atomic E-state index is 0.113. The summed E-state index contributed by atoms with van der Waals surface area (Å²) in [6.45, 7) is 7.69. The zero-order chi connectivity index (χ0) is 14.6. The SMILES string of the molecule is CC(NC1(CN)CCCCC1C(C)C)c1ccccc1. The van der Waals surface area contributed by atoms with E-state index in [0.29, 0.717) is 17.9 Å². The topological polar surface area (TPSA) is 38.0 Å². The van der Waals surface area contributed by atoms with Gasteiger partial charge in [0.05, 0.1) is 0 Å². The van der Waals surface area contributed by atoms with Crippen molar-refractivity contribution in [3.63, 3.8) is 0 Å². The summed E-state index contributed by atoms with van der Waals surface area (Å²) in [5, 5.41) is 3.90. The summed E-state index contributed by atoms with van der Waals surface area (Å²) in [6.07, 6.45) is 5.17. The molecule has 3 unspecified atom stereocenters. The van der Waals surface area contributed by atoms with Gasteiger partial charge in [0.1, 0.15) is 0 Å². The molecule has 0 heterocycles. The van der Waals surface area contributed by atoms with Gasteiger partial charge in [-0.15, -0.1) is 0 Å². The summed E-state index contributed by atoms with van der Waals surface area (Å²) in [5.41, 5.74) is 7.70. The molecule has 2 nitrogen and oxygen atoms in total. The zero-order valence-electron chi connectivity index (χ0n) is 13.2. The van der Waals surface area contributed by atoms with Crippen molar-refractivity contribution in [2.24, 2.45) is 17.6 Å². The van der Waals surface area contributed by atoms with E-state index >= 15 is 0 Å². The van der Waals surface area contributed by atoms with Crippen LogP contribution in [-0.2, 0) is 0 Å². The molecule has 1 aromatic rings. The Morgan fingerprint density at radius 1 is 1.20 bits per heavy atom. The third-order valence-electron chi connectivity index (χ3n) is 5.07. The monoisotopic (exact) mass is 274 g/mol. The fourth-order valence-electron chi connectivity index (χ4n) is 3.99. The van der Waals surface area contributed by atoms with Crippen LogP contribution in [0.15, 0.2) is 30.3 Å². The lowest BCUT2D eigenvalue weighted by atomic mass is 9.67. The molecule has 1 aliphatic carbocycles. The average Bonchev–Trinajstić information content (AvgIpc) is 2.48. The Morgan fingerprint density at radius 3 is 2.50 bits per heavy atom. The zero-order valence-corrected chi connectivity index (χ0v) is 13.2. The molecule has 20 heavy (non-hydrogen) atoms. The van der Waals surface area contributed by atoms with Crippen molar-refractivity contribution < 1.29 is 0 Å². The highest BCUT2D eigenvalue weighted by Gasteiger charge is 2.41. The van der Waals surface area contributed by atoms with E-state index in [1.165, 1.54) is 31.2 Å². The van der Waals surface area contributed by atoms with Crippen molar-refractivity contribution >= 4 is 0 Å². The van der Waals surface area contributed by atoms with Gasteiger partial charge in [-0.3, -0.25) is 0 Å². The standard InChI is InChI=1S/C18H30N2/c1-14(2)17-11-7-8-12-18(17,13-19)20-15(3)16-9-5-4-6-10-16/h4-6,9-10,14-15,17,20H,7-8,11-13,19H2,1-3H3. The highest BCUT2D eigenvalue weighted by molar-refractivity contribution is 5.19. The van der Waals surface area contributed by atoms with E-state index in [-0.39, 0.29) is 5.54 Å². The number of hydrogen-bond acceptors (Lipinski definition) is 2. The molecular formula is C18H30N2. The van der Waals surface area contributed by atoms with Crippen LogP contribution in [0.5, 0.6) is 0 Å². The highest BCUT2D eigenvalue weighted by atomic mass is 15.0. The molecule has 2 rings (SSSR count). The van der Waals surface area contributed by atoms with E-state index < -0.39 is 0 Å². The first-order valence-electron chi connectivity index (χ1n) is 8.12. The summed E-state index contributed by atoms with van der Waals surface area (Å²) in [6, 6.07) is 11.1. The van der Waals surface area contributed by atoms with Crippen LogP contribution in [0.4, 0.5) is 0 Å². The van der Waals surface area contributed by atoms with Crippen LogP contribution < -0.4 is 11.1 Å². The molecule has 0 aromatic heterocycles. The van der Waals surface area contributed by atoms with Gasteiger partial charge in [0.15, 0.2) is 0 Å². The summed E-state index contributed by atoms with van der Waals surface area (Å²) in [7, 11) is 0. The molecule has 1 aromatic carbocycles. The van der Waals surface area contributed by atoms with Gasteiger partial charge < -0.3 is 11.1 Å². The van der Waals surface area contributed by atoms with Crippen molar-refractivity contribution in [3.8, 4) is 0 Å². The molecule has 1 fully saturated rings. The van der Waals surface area contributed by atoms with Gasteiger partial charge in [0.25, 0.3) is 0 Å². The maximum absolute atomic E-state index is 6.23. The minimum Gasteiger partial charge on any atom is -0.329 e. The second kappa shape index (κ2) is 6.73. The molecule has 1 aliphatic rings. The number of nitrogens with one attached hydrogen (secondary N) is 1. The maximum atomic E-state index is 6.23. The van der Waals surface area contributed by atoms with Crippen molar-refractivity contribution in [3.05, 3.63) is 35.9 Å². The van der Waals surface area contributed by atoms with E-state index in [2.05, 4.69) is 56.4 Å². The van der Waals surface area contributed by atoms with Crippen molar-refractivity contribution in [2.75, 3.05) is 6.54 Å². The Labute approximate surface area is 124 Å². The largest absolute Gasteiger partial charge is 0.329 e. The first-order chi connectivity index (χ1) is 9.59. The van der Waals surface area contributed by atoms with Crippen LogP contribution in [0.1, 0.15) is 58.1 Å². The Morgan fingerprint density at radius 2 is 1.90 bits per heavy atom. The van der Waals surface area contributed by atoms with E-state index in [4.69, 9.17) is 5.73 Å². The normalized spacial score (nSPS) is 28.6. The molecule has 0 bridgehead atoms. The van der Waals surface area contributed by atoms with Gasteiger partial charge in [-0.1, -0.05) is 57.0 Å². The van der Waals surface area contributed by atoms with Gasteiger partial charge in [-0.2, -0.15) is 0 Å². The molecule has 1 saturated carbocycles. The van der Waals surface area contributed by atoms with Crippen LogP contribution in [0.2, 0.25) is 0 Å². The maximum Gasteiger partial charge on any atom is 0.0340 e. The molecule has 0 spiro atoms. The Bertz CT molecular complexity index is 401. The molecule has 112 valence electrons. The lowest BCUT2D eigenvalue weighted by Crippen LogP contribution is -2.59. The molecular weight excluding hydrogens is 244 g/mol. The molecule has 0 radical (unpaired) electrons. The average molecular weight is 274 g/mol. The second-order valence-corrected chi connectivity index (χ2v) is 6.73. The minimum atomic E-state index is 0.113. The van der Waals surface area contributed by atoms with Crippen LogP contribution in [-0.4, -0.2) is 12.1 Å². The van der Waals surface area contributed by atoms with Crippen LogP contribution >= 0.6 is 0 Å². The molecule has 3 N–H and O–H groups in total. The first-order valence-corrected chi connectivity index (χ1v) is 8.12. The van der Waals surface area contributed by atoms with Crippen molar-refractivity contribution in [1.82, 2.24) is 5.32 Å². The number of nitrogens with two attached hydrogens (primary N) is 1. The highest BCUT2D eigenvalue weighted by Crippen LogP contribution is 2.39. The van der Waals surface area contributed by atoms with Crippen molar-refractivity contribution in [2.45, 2.75) is 58.0 Å². The van der Waals surface area contributed by atoms with E-state index in [1.807, 2.05) is 0 Å². The Hall–Kier alpha value is -0.860. The Kier molecular flexibility index (Phi) is 5.22.